The minimum Gasteiger partial charge on any atom is -0.372 e. The number of carbonyl (C=O) groups is 1. The van der Waals surface area contributed by atoms with E-state index in [9.17, 15) is 4.79 Å². The minimum absolute atomic E-state index is 0.0671. The third-order valence-corrected chi connectivity index (χ3v) is 4.34. The average Bonchev–Trinajstić information content (AvgIpc) is 3.21. The molecule has 0 saturated heterocycles. The van der Waals surface area contributed by atoms with E-state index < -0.39 is 0 Å². The SMILES string of the molecule is CNc1nc(C)sc1C(=O)c1cccc(C2CC2)c1. The highest BCUT2D eigenvalue weighted by Crippen LogP contribution is 2.40. The van der Waals surface area contributed by atoms with E-state index >= 15 is 0 Å². The Labute approximate surface area is 116 Å². The Morgan fingerprint density at radius 2 is 2.21 bits per heavy atom. The molecule has 2 aromatic rings. The summed E-state index contributed by atoms with van der Waals surface area (Å²) in [6, 6.07) is 8.02. The molecular weight excluding hydrogens is 256 g/mol. The van der Waals surface area contributed by atoms with Gasteiger partial charge in [0.2, 0.25) is 5.78 Å². The fourth-order valence-electron chi connectivity index (χ4n) is 2.23. The van der Waals surface area contributed by atoms with Crippen LogP contribution < -0.4 is 5.32 Å². The molecule has 3 rings (SSSR count). The molecule has 19 heavy (non-hydrogen) atoms. The Bertz CT molecular complexity index is 629. The molecule has 0 atom stereocenters. The number of hydrogen-bond acceptors (Lipinski definition) is 4. The van der Waals surface area contributed by atoms with Crippen molar-refractivity contribution in [3.05, 3.63) is 45.3 Å². The van der Waals surface area contributed by atoms with E-state index in [1.165, 1.54) is 29.7 Å². The van der Waals surface area contributed by atoms with Crippen molar-refractivity contribution in [3.63, 3.8) is 0 Å². The zero-order chi connectivity index (χ0) is 13.4. The lowest BCUT2D eigenvalue weighted by Crippen LogP contribution is -2.03. The van der Waals surface area contributed by atoms with Crippen LogP contribution in [0, 0.1) is 6.92 Å². The van der Waals surface area contributed by atoms with Gasteiger partial charge in [-0.25, -0.2) is 4.98 Å². The van der Waals surface area contributed by atoms with Gasteiger partial charge in [-0.1, -0.05) is 18.2 Å². The Kier molecular flexibility index (Phi) is 3.11. The van der Waals surface area contributed by atoms with Gasteiger partial charge in [0, 0.05) is 12.6 Å². The molecule has 1 aliphatic carbocycles. The number of aromatic nitrogens is 1. The van der Waals surface area contributed by atoms with Gasteiger partial charge in [-0.05, 0) is 37.3 Å². The lowest BCUT2D eigenvalue weighted by atomic mass is 10.0. The van der Waals surface area contributed by atoms with Crippen LogP contribution in [0.25, 0.3) is 0 Å². The van der Waals surface area contributed by atoms with Gasteiger partial charge in [0.1, 0.15) is 10.7 Å². The number of rotatable bonds is 4. The van der Waals surface area contributed by atoms with Crippen LogP contribution in [0.2, 0.25) is 0 Å². The van der Waals surface area contributed by atoms with Gasteiger partial charge < -0.3 is 5.32 Å². The molecule has 3 nitrogen and oxygen atoms in total. The second kappa shape index (κ2) is 4.78. The third-order valence-electron chi connectivity index (χ3n) is 3.37. The predicted octanol–water partition coefficient (Wildman–Crippen LogP) is 3.60. The van der Waals surface area contributed by atoms with E-state index in [1.807, 2.05) is 25.1 Å². The third kappa shape index (κ3) is 2.40. The molecule has 1 N–H and O–H groups in total. The number of aryl methyl sites for hydroxylation is 1. The van der Waals surface area contributed by atoms with Crippen LogP contribution >= 0.6 is 11.3 Å². The number of nitrogens with zero attached hydrogens (tertiary/aromatic N) is 1. The van der Waals surface area contributed by atoms with Crippen LogP contribution in [-0.2, 0) is 0 Å². The summed E-state index contributed by atoms with van der Waals surface area (Å²) in [4.78, 5) is 17.6. The molecule has 1 heterocycles. The molecule has 0 amide bonds. The molecule has 0 aliphatic heterocycles. The van der Waals surface area contributed by atoms with Crippen molar-refractivity contribution in [2.24, 2.45) is 0 Å². The van der Waals surface area contributed by atoms with Crippen LogP contribution in [0.3, 0.4) is 0 Å². The van der Waals surface area contributed by atoms with E-state index in [1.54, 1.807) is 7.05 Å². The van der Waals surface area contributed by atoms with Crippen molar-refractivity contribution >= 4 is 22.9 Å². The quantitative estimate of drug-likeness (QED) is 0.865. The maximum absolute atomic E-state index is 12.6. The lowest BCUT2D eigenvalue weighted by Gasteiger charge is -2.04. The Morgan fingerprint density at radius 1 is 1.42 bits per heavy atom. The fraction of sp³-hybridized carbons (Fsp3) is 0.333. The first-order valence-corrected chi connectivity index (χ1v) is 7.30. The topological polar surface area (TPSA) is 42.0 Å². The number of nitrogens with one attached hydrogen (secondary N) is 1. The van der Waals surface area contributed by atoms with Crippen LogP contribution in [0.15, 0.2) is 24.3 Å². The Hall–Kier alpha value is -1.68. The molecule has 98 valence electrons. The number of carbonyl (C=O) groups excluding carboxylic acids is 1. The van der Waals surface area contributed by atoms with Crippen molar-refractivity contribution in [2.45, 2.75) is 25.7 Å². The van der Waals surface area contributed by atoms with Gasteiger partial charge in [-0.3, -0.25) is 4.79 Å². The van der Waals surface area contributed by atoms with Crippen molar-refractivity contribution < 1.29 is 4.79 Å². The van der Waals surface area contributed by atoms with Gasteiger partial charge in [0.15, 0.2) is 0 Å². The monoisotopic (exact) mass is 272 g/mol. The van der Waals surface area contributed by atoms with Crippen LogP contribution in [-0.4, -0.2) is 17.8 Å². The van der Waals surface area contributed by atoms with Crippen molar-refractivity contribution in [1.82, 2.24) is 4.98 Å². The first kappa shape index (κ1) is 12.4. The first-order valence-electron chi connectivity index (χ1n) is 6.49. The molecule has 1 fully saturated rings. The van der Waals surface area contributed by atoms with Crippen molar-refractivity contribution in [2.75, 3.05) is 12.4 Å². The summed E-state index contributed by atoms with van der Waals surface area (Å²) in [6.07, 6.45) is 2.50. The molecule has 1 aliphatic rings. The molecule has 1 aromatic heterocycles. The van der Waals surface area contributed by atoms with Crippen molar-refractivity contribution in [1.29, 1.82) is 0 Å². The second-order valence-corrected chi connectivity index (χ2v) is 6.09. The molecule has 1 saturated carbocycles. The van der Waals surface area contributed by atoms with E-state index in [0.29, 0.717) is 16.6 Å². The molecule has 0 radical (unpaired) electrons. The summed E-state index contributed by atoms with van der Waals surface area (Å²) in [5.74, 6) is 1.42. The van der Waals surface area contributed by atoms with E-state index in [2.05, 4.69) is 16.4 Å². The molecular formula is C15H16N2OS. The maximum atomic E-state index is 12.6. The van der Waals surface area contributed by atoms with Gasteiger partial charge in [0.05, 0.1) is 5.01 Å². The van der Waals surface area contributed by atoms with Gasteiger partial charge in [-0.2, -0.15) is 0 Å². The van der Waals surface area contributed by atoms with Gasteiger partial charge in [-0.15, -0.1) is 11.3 Å². The molecule has 0 bridgehead atoms. The maximum Gasteiger partial charge on any atom is 0.206 e. The molecule has 0 spiro atoms. The largest absolute Gasteiger partial charge is 0.372 e. The van der Waals surface area contributed by atoms with Crippen LogP contribution in [0.4, 0.5) is 5.82 Å². The second-order valence-electron chi connectivity index (χ2n) is 4.89. The Morgan fingerprint density at radius 3 is 2.89 bits per heavy atom. The van der Waals surface area contributed by atoms with Gasteiger partial charge >= 0.3 is 0 Å². The number of thiazole rings is 1. The summed E-state index contributed by atoms with van der Waals surface area (Å²) < 4.78 is 0. The molecule has 1 aromatic carbocycles. The Balaban J connectivity index is 1.96. The van der Waals surface area contributed by atoms with E-state index in [0.717, 1.165) is 10.6 Å². The number of ketones is 1. The number of anilines is 1. The summed E-state index contributed by atoms with van der Waals surface area (Å²) >= 11 is 1.45. The van der Waals surface area contributed by atoms with Crippen LogP contribution in [0.1, 0.15) is 44.6 Å². The zero-order valence-corrected chi connectivity index (χ0v) is 11.9. The summed E-state index contributed by atoms with van der Waals surface area (Å²) in [5, 5.41) is 3.90. The fourth-order valence-corrected chi connectivity index (χ4v) is 3.12. The van der Waals surface area contributed by atoms with Gasteiger partial charge in [0.25, 0.3) is 0 Å². The minimum atomic E-state index is 0.0671. The summed E-state index contributed by atoms with van der Waals surface area (Å²) in [5.41, 5.74) is 2.06. The normalized spacial score (nSPS) is 14.4. The zero-order valence-electron chi connectivity index (χ0n) is 11.1. The smallest absolute Gasteiger partial charge is 0.206 e. The highest BCUT2D eigenvalue weighted by atomic mass is 32.1. The van der Waals surface area contributed by atoms with Crippen LogP contribution in [0.5, 0.6) is 0 Å². The van der Waals surface area contributed by atoms with Crippen molar-refractivity contribution in [3.8, 4) is 0 Å². The average molecular weight is 272 g/mol. The molecule has 4 heteroatoms. The number of hydrogen-bond donors (Lipinski definition) is 1. The number of benzene rings is 1. The summed E-state index contributed by atoms with van der Waals surface area (Å²) in [6.45, 7) is 1.92. The molecule has 0 unspecified atom stereocenters. The van der Waals surface area contributed by atoms with E-state index in [4.69, 9.17) is 0 Å². The van der Waals surface area contributed by atoms with E-state index in [-0.39, 0.29) is 5.78 Å². The highest BCUT2D eigenvalue weighted by Gasteiger charge is 2.25. The standard InChI is InChI=1S/C15H16N2OS/c1-9-17-15(16-2)14(19-9)13(18)12-5-3-4-11(8-12)10-6-7-10/h3-5,8,10,16H,6-7H2,1-2H3. The predicted molar refractivity (Wildman–Crippen MR) is 78.2 cm³/mol. The first-order chi connectivity index (χ1) is 9.19. The summed E-state index contributed by atoms with van der Waals surface area (Å²) in [7, 11) is 1.80. The lowest BCUT2D eigenvalue weighted by molar-refractivity contribution is 0.104. The highest BCUT2D eigenvalue weighted by molar-refractivity contribution is 7.14.